The van der Waals surface area contributed by atoms with Crippen LogP contribution in [0.15, 0.2) is 48.5 Å². The molecular formula is C20H22N2O2. The molecule has 3 rings (SSSR count). The molecule has 4 nitrogen and oxygen atoms in total. The van der Waals surface area contributed by atoms with E-state index in [9.17, 15) is 9.59 Å². The summed E-state index contributed by atoms with van der Waals surface area (Å²) in [7, 11) is 0. The lowest BCUT2D eigenvalue weighted by Crippen LogP contribution is -2.36. The van der Waals surface area contributed by atoms with Gasteiger partial charge in [0, 0.05) is 28.9 Å². The fourth-order valence-corrected chi connectivity index (χ4v) is 3.15. The predicted molar refractivity (Wildman–Crippen MR) is 95.5 cm³/mol. The molecule has 24 heavy (non-hydrogen) atoms. The number of anilines is 1. The molecule has 1 aliphatic heterocycles. The lowest BCUT2D eigenvalue weighted by atomic mass is 10.1. The van der Waals surface area contributed by atoms with E-state index in [0.717, 1.165) is 12.1 Å². The molecule has 1 atom stereocenters. The van der Waals surface area contributed by atoms with Crippen LogP contribution in [0.2, 0.25) is 0 Å². The highest BCUT2D eigenvalue weighted by Gasteiger charge is 2.31. The second-order valence-electron chi connectivity index (χ2n) is 6.57. The van der Waals surface area contributed by atoms with Gasteiger partial charge < -0.3 is 10.2 Å². The molecule has 1 unspecified atom stereocenters. The van der Waals surface area contributed by atoms with Gasteiger partial charge in [-0.05, 0) is 57.0 Å². The van der Waals surface area contributed by atoms with Gasteiger partial charge in [0.2, 0.25) is 0 Å². The third kappa shape index (κ3) is 3.04. The highest BCUT2D eigenvalue weighted by Crippen LogP contribution is 2.33. The third-order valence-corrected chi connectivity index (χ3v) is 4.22. The van der Waals surface area contributed by atoms with E-state index >= 15 is 0 Å². The quantitative estimate of drug-likeness (QED) is 0.941. The Kier molecular flexibility index (Phi) is 4.38. The summed E-state index contributed by atoms with van der Waals surface area (Å²) in [5.74, 6) is -0.221. The van der Waals surface area contributed by atoms with Gasteiger partial charge in [0.15, 0.2) is 0 Å². The SMILES string of the molecule is CC(C)NC(=O)c1cccc(C(=O)N2c3ccccc3CC2C)c1. The van der Waals surface area contributed by atoms with Crippen molar-refractivity contribution in [3.63, 3.8) is 0 Å². The average Bonchev–Trinajstić information content (AvgIpc) is 2.89. The van der Waals surface area contributed by atoms with Crippen molar-refractivity contribution in [3.8, 4) is 0 Å². The van der Waals surface area contributed by atoms with Gasteiger partial charge in [-0.3, -0.25) is 9.59 Å². The Bertz CT molecular complexity index is 783. The molecule has 0 bridgehead atoms. The highest BCUT2D eigenvalue weighted by atomic mass is 16.2. The minimum atomic E-state index is -0.158. The molecule has 1 N–H and O–H groups in total. The first-order chi connectivity index (χ1) is 11.5. The van der Waals surface area contributed by atoms with Crippen molar-refractivity contribution in [1.29, 1.82) is 0 Å². The fourth-order valence-electron chi connectivity index (χ4n) is 3.15. The minimum Gasteiger partial charge on any atom is -0.350 e. The molecule has 0 aliphatic carbocycles. The van der Waals surface area contributed by atoms with Crippen molar-refractivity contribution in [1.82, 2.24) is 5.32 Å². The van der Waals surface area contributed by atoms with Gasteiger partial charge in [-0.2, -0.15) is 0 Å². The van der Waals surface area contributed by atoms with Crippen LogP contribution in [0.3, 0.4) is 0 Å². The average molecular weight is 322 g/mol. The van der Waals surface area contributed by atoms with Crippen LogP contribution in [0.1, 0.15) is 47.1 Å². The Morgan fingerprint density at radius 1 is 1.08 bits per heavy atom. The van der Waals surface area contributed by atoms with Gasteiger partial charge in [-0.15, -0.1) is 0 Å². The number of para-hydroxylation sites is 1. The number of hydrogen-bond acceptors (Lipinski definition) is 2. The zero-order valence-corrected chi connectivity index (χ0v) is 14.2. The second-order valence-corrected chi connectivity index (χ2v) is 6.57. The van der Waals surface area contributed by atoms with Crippen molar-refractivity contribution in [2.75, 3.05) is 4.90 Å². The lowest BCUT2D eigenvalue weighted by molar-refractivity contribution is 0.0943. The number of nitrogens with one attached hydrogen (secondary N) is 1. The van der Waals surface area contributed by atoms with E-state index in [0.29, 0.717) is 11.1 Å². The van der Waals surface area contributed by atoms with Crippen LogP contribution in [-0.4, -0.2) is 23.9 Å². The summed E-state index contributed by atoms with van der Waals surface area (Å²) < 4.78 is 0. The summed E-state index contributed by atoms with van der Waals surface area (Å²) in [6.07, 6.45) is 0.857. The molecule has 0 fully saturated rings. The fraction of sp³-hybridized carbons (Fsp3) is 0.300. The molecule has 1 heterocycles. The number of amides is 2. The van der Waals surface area contributed by atoms with Crippen LogP contribution in [0.5, 0.6) is 0 Å². The number of carbonyl (C=O) groups excluding carboxylic acids is 2. The summed E-state index contributed by atoms with van der Waals surface area (Å²) in [5.41, 5.74) is 3.20. The van der Waals surface area contributed by atoms with Gasteiger partial charge in [-0.1, -0.05) is 24.3 Å². The molecule has 0 saturated heterocycles. The number of carbonyl (C=O) groups is 2. The normalized spacial score (nSPS) is 16.2. The van der Waals surface area contributed by atoms with E-state index < -0.39 is 0 Å². The summed E-state index contributed by atoms with van der Waals surface area (Å²) >= 11 is 0. The van der Waals surface area contributed by atoms with Crippen molar-refractivity contribution in [2.24, 2.45) is 0 Å². The molecule has 0 saturated carbocycles. The maximum atomic E-state index is 13.0. The number of nitrogens with zero attached hydrogens (tertiary/aromatic N) is 1. The third-order valence-electron chi connectivity index (χ3n) is 4.22. The molecule has 0 aromatic heterocycles. The topological polar surface area (TPSA) is 49.4 Å². The van der Waals surface area contributed by atoms with Gasteiger partial charge >= 0.3 is 0 Å². The smallest absolute Gasteiger partial charge is 0.258 e. The van der Waals surface area contributed by atoms with Crippen LogP contribution in [0.25, 0.3) is 0 Å². The van der Waals surface area contributed by atoms with E-state index in [4.69, 9.17) is 0 Å². The van der Waals surface area contributed by atoms with Crippen LogP contribution in [0.4, 0.5) is 5.69 Å². The van der Waals surface area contributed by atoms with Gasteiger partial charge in [0.05, 0.1) is 0 Å². The Labute approximate surface area is 142 Å². The molecule has 4 heteroatoms. The summed E-state index contributed by atoms with van der Waals surface area (Å²) in [6.45, 7) is 5.87. The van der Waals surface area contributed by atoms with Crippen LogP contribution >= 0.6 is 0 Å². The summed E-state index contributed by atoms with van der Waals surface area (Å²) in [6, 6.07) is 15.1. The number of rotatable bonds is 3. The number of benzene rings is 2. The van der Waals surface area contributed by atoms with Crippen LogP contribution in [-0.2, 0) is 6.42 Å². The second kappa shape index (κ2) is 6.48. The zero-order valence-electron chi connectivity index (χ0n) is 14.2. The number of fused-ring (bicyclic) bond motifs is 1. The van der Waals surface area contributed by atoms with Crippen molar-refractivity contribution in [3.05, 3.63) is 65.2 Å². The molecule has 2 aromatic rings. The molecule has 0 radical (unpaired) electrons. The zero-order chi connectivity index (χ0) is 17.3. The van der Waals surface area contributed by atoms with Crippen molar-refractivity contribution < 1.29 is 9.59 Å². The molecule has 1 aliphatic rings. The first kappa shape index (κ1) is 16.2. The van der Waals surface area contributed by atoms with E-state index in [1.54, 1.807) is 24.3 Å². The first-order valence-electron chi connectivity index (χ1n) is 8.29. The number of hydrogen-bond donors (Lipinski definition) is 1. The predicted octanol–water partition coefficient (Wildman–Crippen LogP) is 3.42. The molecule has 2 amide bonds. The van der Waals surface area contributed by atoms with Gasteiger partial charge in [-0.25, -0.2) is 0 Å². The van der Waals surface area contributed by atoms with E-state index in [2.05, 4.69) is 11.4 Å². The van der Waals surface area contributed by atoms with E-state index in [-0.39, 0.29) is 23.9 Å². The standard InChI is InChI=1S/C20H22N2O2/c1-13(2)21-19(23)16-8-6-9-17(12-16)20(24)22-14(3)11-15-7-4-5-10-18(15)22/h4-10,12-14H,11H2,1-3H3,(H,21,23). The first-order valence-corrected chi connectivity index (χ1v) is 8.29. The largest absolute Gasteiger partial charge is 0.350 e. The molecule has 0 spiro atoms. The Balaban J connectivity index is 1.90. The maximum Gasteiger partial charge on any atom is 0.258 e. The van der Waals surface area contributed by atoms with Crippen LogP contribution in [0, 0.1) is 0 Å². The van der Waals surface area contributed by atoms with E-state index in [1.807, 2.05) is 43.9 Å². The van der Waals surface area contributed by atoms with Crippen LogP contribution < -0.4 is 10.2 Å². The maximum absolute atomic E-state index is 13.0. The summed E-state index contributed by atoms with van der Waals surface area (Å²) in [5, 5.41) is 2.86. The van der Waals surface area contributed by atoms with Crippen molar-refractivity contribution in [2.45, 2.75) is 39.3 Å². The monoisotopic (exact) mass is 322 g/mol. The van der Waals surface area contributed by atoms with Crippen molar-refractivity contribution >= 4 is 17.5 Å². The molecule has 2 aromatic carbocycles. The Morgan fingerprint density at radius 2 is 1.79 bits per heavy atom. The molecular weight excluding hydrogens is 300 g/mol. The van der Waals surface area contributed by atoms with Gasteiger partial charge in [0.25, 0.3) is 11.8 Å². The molecule has 124 valence electrons. The minimum absolute atomic E-state index is 0.0577. The highest BCUT2D eigenvalue weighted by molar-refractivity contribution is 6.09. The lowest BCUT2D eigenvalue weighted by Gasteiger charge is -2.23. The van der Waals surface area contributed by atoms with Gasteiger partial charge in [0.1, 0.15) is 0 Å². The Morgan fingerprint density at radius 3 is 2.54 bits per heavy atom. The Hall–Kier alpha value is -2.62. The summed E-state index contributed by atoms with van der Waals surface area (Å²) in [4.78, 5) is 27.0. The van der Waals surface area contributed by atoms with E-state index in [1.165, 1.54) is 5.56 Å².